The zero-order valence-electron chi connectivity index (χ0n) is 8.97. The Morgan fingerprint density at radius 1 is 1.44 bits per heavy atom. The summed E-state index contributed by atoms with van der Waals surface area (Å²) in [5, 5.41) is 0. The van der Waals surface area contributed by atoms with E-state index in [0.29, 0.717) is 5.95 Å². The summed E-state index contributed by atoms with van der Waals surface area (Å²) in [6.45, 7) is 1.65. The summed E-state index contributed by atoms with van der Waals surface area (Å²) in [7, 11) is 0. The van der Waals surface area contributed by atoms with E-state index < -0.39 is 5.91 Å². The molecule has 4 N–H and O–H groups in total. The maximum atomic E-state index is 11.0. The molecule has 16 heavy (non-hydrogen) atoms. The average molecular weight is 221 g/mol. The second-order valence-corrected chi connectivity index (χ2v) is 3.93. The SMILES string of the molecule is NC(=O)c1ccnc(N2CCC(N)CC2)n1. The van der Waals surface area contributed by atoms with E-state index >= 15 is 0 Å². The van der Waals surface area contributed by atoms with Crippen molar-refractivity contribution in [2.45, 2.75) is 18.9 Å². The maximum Gasteiger partial charge on any atom is 0.267 e. The predicted molar refractivity (Wildman–Crippen MR) is 60.0 cm³/mol. The van der Waals surface area contributed by atoms with Crippen molar-refractivity contribution in [2.75, 3.05) is 18.0 Å². The van der Waals surface area contributed by atoms with E-state index in [1.165, 1.54) is 6.07 Å². The summed E-state index contributed by atoms with van der Waals surface area (Å²) in [6, 6.07) is 1.78. The lowest BCUT2D eigenvalue weighted by Gasteiger charge is -2.30. The van der Waals surface area contributed by atoms with Gasteiger partial charge in [-0.3, -0.25) is 4.79 Å². The number of hydrogen-bond donors (Lipinski definition) is 2. The summed E-state index contributed by atoms with van der Waals surface area (Å²) in [4.78, 5) is 21.3. The van der Waals surface area contributed by atoms with Crippen LogP contribution in [0.4, 0.5) is 5.95 Å². The van der Waals surface area contributed by atoms with Crippen LogP contribution in [0.3, 0.4) is 0 Å². The molecule has 1 saturated heterocycles. The van der Waals surface area contributed by atoms with Gasteiger partial charge in [0.1, 0.15) is 5.69 Å². The number of piperidine rings is 1. The minimum Gasteiger partial charge on any atom is -0.364 e. The van der Waals surface area contributed by atoms with E-state index in [0.717, 1.165) is 25.9 Å². The van der Waals surface area contributed by atoms with Crippen LogP contribution < -0.4 is 16.4 Å². The predicted octanol–water partition coefficient (Wildman–Crippen LogP) is -0.497. The zero-order valence-corrected chi connectivity index (χ0v) is 8.97. The summed E-state index contributed by atoms with van der Waals surface area (Å²) in [6.07, 6.45) is 3.39. The van der Waals surface area contributed by atoms with Gasteiger partial charge in [0.2, 0.25) is 5.95 Å². The normalized spacial score (nSPS) is 17.4. The van der Waals surface area contributed by atoms with Crippen LogP contribution in [0.25, 0.3) is 0 Å². The first-order valence-electron chi connectivity index (χ1n) is 5.30. The summed E-state index contributed by atoms with van der Waals surface area (Å²) < 4.78 is 0. The van der Waals surface area contributed by atoms with Crippen LogP contribution in [0.2, 0.25) is 0 Å². The fourth-order valence-electron chi connectivity index (χ4n) is 1.74. The largest absolute Gasteiger partial charge is 0.364 e. The van der Waals surface area contributed by atoms with Gasteiger partial charge < -0.3 is 16.4 Å². The molecular weight excluding hydrogens is 206 g/mol. The molecule has 0 atom stereocenters. The molecule has 1 aliphatic heterocycles. The molecule has 1 aromatic rings. The summed E-state index contributed by atoms with van der Waals surface area (Å²) in [5.41, 5.74) is 11.2. The Labute approximate surface area is 93.7 Å². The fourth-order valence-corrected chi connectivity index (χ4v) is 1.74. The number of primary amides is 1. The topological polar surface area (TPSA) is 98.1 Å². The van der Waals surface area contributed by atoms with Crippen LogP contribution >= 0.6 is 0 Å². The highest BCUT2D eigenvalue weighted by Gasteiger charge is 2.18. The minimum atomic E-state index is -0.530. The van der Waals surface area contributed by atoms with E-state index in [-0.39, 0.29) is 11.7 Å². The Morgan fingerprint density at radius 3 is 2.75 bits per heavy atom. The smallest absolute Gasteiger partial charge is 0.267 e. The van der Waals surface area contributed by atoms with E-state index in [9.17, 15) is 4.79 Å². The monoisotopic (exact) mass is 221 g/mol. The zero-order chi connectivity index (χ0) is 11.5. The second kappa shape index (κ2) is 4.44. The molecule has 1 fully saturated rings. The number of hydrogen-bond acceptors (Lipinski definition) is 5. The standard InChI is InChI=1S/C10H15N5O/c11-7-2-5-15(6-3-7)10-13-4-1-8(14-10)9(12)16/h1,4,7H,2-3,5-6,11H2,(H2,12,16). The van der Waals surface area contributed by atoms with Gasteiger partial charge in [0, 0.05) is 25.3 Å². The third-order valence-electron chi connectivity index (χ3n) is 2.72. The molecule has 0 unspecified atom stereocenters. The molecule has 2 rings (SSSR count). The average Bonchev–Trinajstić information content (AvgIpc) is 2.30. The fraction of sp³-hybridized carbons (Fsp3) is 0.500. The Hall–Kier alpha value is -1.69. The molecule has 1 aromatic heterocycles. The van der Waals surface area contributed by atoms with Crippen LogP contribution in [-0.4, -0.2) is 35.0 Å². The molecule has 0 radical (unpaired) electrons. The third kappa shape index (κ3) is 2.27. The van der Waals surface area contributed by atoms with Gasteiger partial charge in [0.05, 0.1) is 0 Å². The first kappa shape index (κ1) is 10.8. The molecule has 0 aliphatic carbocycles. The summed E-state index contributed by atoms with van der Waals surface area (Å²) in [5.74, 6) is 0.0283. The number of anilines is 1. The number of amides is 1. The lowest BCUT2D eigenvalue weighted by Crippen LogP contribution is -2.40. The molecule has 86 valence electrons. The molecule has 0 bridgehead atoms. The van der Waals surface area contributed by atoms with Crippen molar-refractivity contribution in [2.24, 2.45) is 11.5 Å². The van der Waals surface area contributed by atoms with Crippen molar-refractivity contribution in [1.29, 1.82) is 0 Å². The molecule has 0 spiro atoms. The number of nitrogens with two attached hydrogens (primary N) is 2. The van der Waals surface area contributed by atoms with Gasteiger partial charge in [0.25, 0.3) is 5.91 Å². The highest BCUT2D eigenvalue weighted by Crippen LogP contribution is 2.14. The third-order valence-corrected chi connectivity index (χ3v) is 2.72. The molecule has 1 aliphatic rings. The lowest BCUT2D eigenvalue weighted by molar-refractivity contribution is 0.0995. The van der Waals surface area contributed by atoms with E-state index in [4.69, 9.17) is 11.5 Å². The van der Waals surface area contributed by atoms with Crippen molar-refractivity contribution in [1.82, 2.24) is 9.97 Å². The number of carbonyl (C=O) groups excluding carboxylic acids is 1. The van der Waals surface area contributed by atoms with Gasteiger partial charge >= 0.3 is 0 Å². The van der Waals surface area contributed by atoms with Crippen LogP contribution in [0.5, 0.6) is 0 Å². The first-order valence-corrected chi connectivity index (χ1v) is 5.30. The lowest BCUT2D eigenvalue weighted by atomic mass is 10.1. The van der Waals surface area contributed by atoms with Crippen molar-refractivity contribution >= 4 is 11.9 Å². The van der Waals surface area contributed by atoms with Crippen LogP contribution in [0.15, 0.2) is 12.3 Å². The van der Waals surface area contributed by atoms with E-state index in [1.807, 2.05) is 4.90 Å². The highest BCUT2D eigenvalue weighted by atomic mass is 16.1. The number of carbonyl (C=O) groups is 1. The summed E-state index contributed by atoms with van der Waals surface area (Å²) >= 11 is 0. The van der Waals surface area contributed by atoms with Crippen molar-refractivity contribution in [3.05, 3.63) is 18.0 Å². The van der Waals surface area contributed by atoms with E-state index in [2.05, 4.69) is 9.97 Å². The van der Waals surface area contributed by atoms with Crippen molar-refractivity contribution < 1.29 is 4.79 Å². The Balaban J connectivity index is 2.14. The van der Waals surface area contributed by atoms with Gasteiger partial charge in [0.15, 0.2) is 0 Å². The molecule has 6 nitrogen and oxygen atoms in total. The Bertz CT molecular complexity index is 387. The maximum absolute atomic E-state index is 11.0. The second-order valence-electron chi connectivity index (χ2n) is 3.93. The van der Waals surface area contributed by atoms with Gasteiger partial charge in [-0.05, 0) is 18.9 Å². The molecule has 0 aromatic carbocycles. The van der Waals surface area contributed by atoms with Gasteiger partial charge in [-0.15, -0.1) is 0 Å². The van der Waals surface area contributed by atoms with Crippen LogP contribution in [0.1, 0.15) is 23.3 Å². The van der Waals surface area contributed by atoms with Gasteiger partial charge in [-0.1, -0.05) is 0 Å². The number of aromatic nitrogens is 2. The number of rotatable bonds is 2. The minimum absolute atomic E-state index is 0.250. The molecule has 1 amide bonds. The van der Waals surface area contributed by atoms with Gasteiger partial charge in [-0.25, -0.2) is 9.97 Å². The molecule has 0 saturated carbocycles. The van der Waals surface area contributed by atoms with Crippen LogP contribution in [0, 0.1) is 0 Å². The quantitative estimate of drug-likeness (QED) is 0.701. The Kier molecular flexibility index (Phi) is 3.00. The van der Waals surface area contributed by atoms with E-state index in [1.54, 1.807) is 6.20 Å². The molecule has 6 heteroatoms. The molecule has 2 heterocycles. The van der Waals surface area contributed by atoms with Crippen LogP contribution in [-0.2, 0) is 0 Å². The van der Waals surface area contributed by atoms with Crippen molar-refractivity contribution in [3.63, 3.8) is 0 Å². The highest BCUT2D eigenvalue weighted by molar-refractivity contribution is 5.90. The Morgan fingerprint density at radius 2 is 2.12 bits per heavy atom. The number of nitrogens with zero attached hydrogens (tertiary/aromatic N) is 3. The van der Waals surface area contributed by atoms with Crippen molar-refractivity contribution in [3.8, 4) is 0 Å². The molecular formula is C10H15N5O. The first-order chi connectivity index (χ1) is 7.66. The van der Waals surface area contributed by atoms with Gasteiger partial charge in [-0.2, -0.15) is 0 Å².